The first-order chi connectivity index (χ1) is 18.6. The summed E-state index contributed by atoms with van der Waals surface area (Å²) in [6.45, 7) is 13.6. The average molecular weight is 687 g/mol. The molecule has 214 valence electrons. The second kappa shape index (κ2) is 17.4. The van der Waals surface area contributed by atoms with E-state index in [1.54, 1.807) is 0 Å². The summed E-state index contributed by atoms with van der Waals surface area (Å²) in [5.41, 5.74) is 8.70. The maximum absolute atomic E-state index is 3.67. The molecule has 0 amide bonds. The van der Waals surface area contributed by atoms with E-state index in [0.717, 1.165) is 22.4 Å². The molecule has 0 spiro atoms. The Hall–Kier alpha value is -1.96. The third-order valence-corrected chi connectivity index (χ3v) is 8.13. The summed E-state index contributed by atoms with van der Waals surface area (Å²) in [6.07, 6.45) is 11.0. The van der Waals surface area contributed by atoms with Crippen LogP contribution < -0.4 is 35.2 Å². The fraction of sp³-hybridized carbons (Fsp3) is 0.263. The quantitative estimate of drug-likeness (QED) is 0.198. The van der Waals surface area contributed by atoms with E-state index < -0.39 is 0 Å². The number of hydrogen-bond acceptors (Lipinski definition) is 0. The standard InChI is InChI=1S/C21H25.C12H10Si.C5H5.2ClH.Zr/c1-20(2,3)16-7-9-18-14(12-16)11-15-13-17(21(4,5)6)8-10-19(15)18;1-3-7-11(8-4-1)13-12-9-5-2-6-10-12;1-2-4-5-3-1;;;/h7-10,12H,11H2,1-6H3;1-10H;1-3H,4H2;2*1H;/q-1;;-1;;;+4/p-2. The zero-order chi connectivity index (χ0) is 27.9. The van der Waals surface area contributed by atoms with E-state index in [1.807, 2.05) is 12.2 Å². The van der Waals surface area contributed by atoms with E-state index in [1.165, 1.54) is 43.8 Å². The Kier molecular flexibility index (Phi) is 15.7. The van der Waals surface area contributed by atoms with Crippen molar-refractivity contribution in [2.24, 2.45) is 0 Å². The molecule has 4 aromatic rings. The van der Waals surface area contributed by atoms with Gasteiger partial charge in [0.2, 0.25) is 0 Å². The third-order valence-electron chi connectivity index (χ3n) is 6.89. The summed E-state index contributed by atoms with van der Waals surface area (Å²) in [4.78, 5) is 0. The van der Waals surface area contributed by atoms with Gasteiger partial charge >= 0.3 is 26.2 Å². The van der Waals surface area contributed by atoms with Gasteiger partial charge in [-0.3, -0.25) is 6.08 Å². The van der Waals surface area contributed by atoms with Gasteiger partial charge in [0.15, 0.2) is 0 Å². The van der Waals surface area contributed by atoms with Crippen LogP contribution >= 0.6 is 0 Å². The minimum Gasteiger partial charge on any atom is -1.00 e. The molecular weight excluding hydrogens is 647 g/mol. The van der Waals surface area contributed by atoms with Crippen LogP contribution in [0.15, 0.2) is 109 Å². The van der Waals surface area contributed by atoms with Crippen molar-refractivity contribution in [1.82, 2.24) is 0 Å². The van der Waals surface area contributed by atoms with Gasteiger partial charge in [-0.1, -0.05) is 136 Å². The normalized spacial score (nSPS) is 12.1. The monoisotopic (exact) mass is 684 g/mol. The molecule has 0 saturated heterocycles. The molecule has 0 heterocycles. The van der Waals surface area contributed by atoms with Crippen molar-refractivity contribution in [1.29, 1.82) is 0 Å². The molecule has 0 aliphatic heterocycles. The van der Waals surface area contributed by atoms with Gasteiger partial charge in [0, 0.05) is 0 Å². The smallest absolute Gasteiger partial charge is 1.00 e. The molecule has 4 heteroatoms. The molecular formula is C38H40Cl2SiZr. The fourth-order valence-corrected chi connectivity index (χ4v) is 5.63. The molecule has 6 rings (SSSR count). The molecule has 0 saturated carbocycles. The molecule has 4 aromatic carbocycles. The van der Waals surface area contributed by atoms with E-state index in [9.17, 15) is 0 Å². The summed E-state index contributed by atoms with van der Waals surface area (Å²) >= 11 is 0. The van der Waals surface area contributed by atoms with Crippen molar-refractivity contribution in [3.63, 3.8) is 0 Å². The molecule has 2 aliphatic carbocycles. The van der Waals surface area contributed by atoms with Crippen LogP contribution in [0.25, 0.3) is 11.1 Å². The van der Waals surface area contributed by atoms with Crippen molar-refractivity contribution >= 4 is 19.9 Å². The number of allylic oxidation sites excluding steroid dienone is 4. The SMILES string of the molecule is CC(C)(C)c1[c-]c2c(cc1)-c1ccc(C(C)(C)C)cc1C2.[C-]1=CC=CC1.[Cl-].[Cl-].[Zr+4].c1ccc([Si]c2ccccc2)cc1. The first kappa shape index (κ1) is 38.1. The van der Waals surface area contributed by atoms with Crippen LogP contribution in [-0.4, -0.2) is 9.52 Å². The van der Waals surface area contributed by atoms with Crippen LogP contribution in [0, 0.1) is 12.1 Å². The predicted octanol–water partition coefficient (Wildman–Crippen LogP) is 2.31. The zero-order valence-electron chi connectivity index (χ0n) is 25.6. The van der Waals surface area contributed by atoms with Gasteiger partial charge in [0.25, 0.3) is 0 Å². The number of fused-ring (bicyclic) bond motifs is 3. The van der Waals surface area contributed by atoms with Crippen molar-refractivity contribution < 1.29 is 51.0 Å². The molecule has 0 unspecified atom stereocenters. The van der Waals surface area contributed by atoms with Crippen LogP contribution in [-0.2, 0) is 43.5 Å². The summed E-state index contributed by atoms with van der Waals surface area (Å²) in [5, 5.41) is 2.79. The number of hydrogen-bond donors (Lipinski definition) is 0. The molecule has 2 radical (unpaired) electrons. The van der Waals surface area contributed by atoms with Crippen molar-refractivity contribution in [2.75, 3.05) is 0 Å². The number of rotatable bonds is 2. The number of halogens is 2. The van der Waals surface area contributed by atoms with E-state index in [0.29, 0.717) is 0 Å². The van der Waals surface area contributed by atoms with Crippen molar-refractivity contribution in [3.8, 4) is 11.1 Å². The molecule has 0 N–H and O–H groups in total. The van der Waals surface area contributed by atoms with Gasteiger partial charge < -0.3 is 24.8 Å². The van der Waals surface area contributed by atoms with Crippen LogP contribution in [0.2, 0.25) is 0 Å². The van der Waals surface area contributed by atoms with Crippen molar-refractivity contribution in [3.05, 3.63) is 144 Å². The van der Waals surface area contributed by atoms with Crippen LogP contribution in [0.4, 0.5) is 0 Å². The van der Waals surface area contributed by atoms with Crippen molar-refractivity contribution in [2.45, 2.75) is 65.2 Å². The minimum absolute atomic E-state index is 0. The Morgan fingerprint density at radius 2 is 1.24 bits per heavy atom. The molecule has 0 aromatic heterocycles. The van der Waals surface area contributed by atoms with E-state index >= 15 is 0 Å². The van der Waals surface area contributed by atoms with Gasteiger partial charge in [0.05, 0.1) is 0 Å². The summed E-state index contributed by atoms with van der Waals surface area (Å²) < 4.78 is 0. The van der Waals surface area contributed by atoms with Gasteiger partial charge in [-0.05, 0) is 28.4 Å². The molecule has 2 aliphatic rings. The van der Waals surface area contributed by atoms with Gasteiger partial charge in [0.1, 0.15) is 9.52 Å². The molecule has 0 atom stereocenters. The molecule has 42 heavy (non-hydrogen) atoms. The fourth-order valence-electron chi connectivity index (χ4n) is 4.58. The second-order valence-corrected chi connectivity index (χ2v) is 13.6. The summed E-state index contributed by atoms with van der Waals surface area (Å²) in [6, 6.07) is 36.3. The Labute approximate surface area is 288 Å². The second-order valence-electron chi connectivity index (χ2n) is 12.2. The topological polar surface area (TPSA) is 0 Å². The van der Waals surface area contributed by atoms with Gasteiger partial charge in [-0.15, -0.1) is 17.5 Å². The number of benzene rings is 4. The minimum atomic E-state index is 0. The molecule has 0 fully saturated rings. The van der Waals surface area contributed by atoms with Gasteiger partial charge in [-0.2, -0.15) is 29.8 Å². The molecule has 0 nitrogen and oxygen atoms in total. The van der Waals surface area contributed by atoms with E-state index in [4.69, 9.17) is 0 Å². The first-order valence-electron chi connectivity index (χ1n) is 13.9. The van der Waals surface area contributed by atoms with Crippen LogP contribution in [0.3, 0.4) is 0 Å². The van der Waals surface area contributed by atoms with Gasteiger partial charge in [-0.25, -0.2) is 12.2 Å². The Morgan fingerprint density at radius 3 is 1.69 bits per heavy atom. The summed E-state index contributed by atoms with van der Waals surface area (Å²) in [7, 11) is 0.777. The Balaban J connectivity index is 0.000000360. The Morgan fingerprint density at radius 1 is 0.667 bits per heavy atom. The zero-order valence-corrected chi connectivity index (χ0v) is 30.5. The van der Waals surface area contributed by atoms with E-state index in [2.05, 4.69) is 151 Å². The maximum Gasteiger partial charge on any atom is 4.00 e. The maximum atomic E-state index is 3.67. The third kappa shape index (κ3) is 10.9. The largest absolute Gasteiger partial charge is 4.00 e. The summed E-state index contributed by atoms with van der Waals surface area (Å²) in [5.74, 6) is 0. The van der Waals surface area contributed by atoms with Crippen LogP contribution in [0.1, 0.15) is 70.2 Å². The Bertz CT molecular complexity index is 1320. The predicted molar refractivity (Wildman–Crippen MR) is 170 cm³/mol. The van der Waals surface area contributed by atoms with E-state index in [-0.39, 0.29) is 61.8 Å². The molecule has 0 bridgehead atoms. The average Bonchev–Trinajstić information content (AvgIpc) is 3.60. The first-order valence-corrected chi connectivity index (χ1v) is 14.9. The van der Waals surface area contributed by atoms with Crippen LogP contribution in [0.5, 0.6) is 0 Å².